The molecule has 0 fully saturated rings. The normalized spacial score (nSPS) is 18.7. The summed E-state index contributed by atoms with van der Waals surface area (Å²) in [5, 5.41) is 14.8. The van der Waals surface area contributed by atoms with Crippen molar-refractivity contribution in [3.63, 3.8) is 0 Å². The van der Waals surface area contributed by atoms with Crippen LogP contribution >= 0.6 is 11.6 Å². The van der Waals surface area contributed by atoms with E-state index >= 15 is 0 Å². The highest BCUT2D eigenvalue weighted by Gasteiger charge is 2.19. The molecule has 1 aliphatic heterocycles. The zero-order valence-electron chi connectivity index (χ0n) is 9.88. The van der Waals surface area contributed by atoms with Gasteiger partial charge in [0.2, 0.25) is 0 Å². The Morgan fingerprint density at radius 1 is 1.33 bits per heavy atom. The molecule has 1 aromatic carbocycles. The quantitative estimate of drug-likeness (QED) is 0.899. The average Bonchev–Trinajstić information content (AvgIpc) is 2.73. The predicted octanol–water partition coefficient (Wildman–Crippen LogP) is 1.83. The first-order valence-electron chi connectivity index (χ1n) is 6.06. The van der Waals surface area contributed by atoms with Crippen molar-refractivity contribution in [2.45, 2.75) is 31.9 Å². The van der Waals surface area contributed by atoms with E-state index in [2.05, 4.69) is 10.1 Å². The maximum Gasteiger partial charge on any atom is 0.155 e. The van der Waals surface area contributed by atoms with Crippen molar-refractivity contribution in [2.75, 3.05) is 0 Å². The number of nitrogens with zero attached hydrogens (tertiary/aromatic N) is 3. The molecule has 0 aliphatic carbocycles. The molecule has 94 valence electrons. The van der Waals surface area contributed by atoms with Crippen LogP contribution in [0.3, 0.4) is 0 Å². The maximum atomic E-state index is 9.59. The number of hydrogen-bond acceptors (Lipinski definition) is 3. The first kappa shape index (κ1) is 11.7. The smallest absolute Gasteiger partial charge is 0.155 e. The lowest BCUT2D eigenvalue weighted by molar-refractivity contribution is 0.138. The van der Waals surface area contributed by atoms with Gasteiger partial charge < -0.3 is 5.11 Å². The van der Waals surface area contributed by atoms with Gasteiger partial charge in [0.1, 0.15) is 5.82 Å². The highest BCUT2D eigenvalue weighted by Crippen LogP contribution is 2.16. The molecule has 0 amide bonds. The van der Waals surface area contributed by atoms with Gasteiger partial charge in [-0.2, -0.15) is 5.10 Å². The summed E-state index contributed by atoms with van der Waals surface area (Å²) in [6.45, 7) is 0.754. The number of fused-ring (bicyclic) bond motifs is 1. The van der Waals surface area contributed by atoms with Crippen LogP contribution in [0.2, 0.25) is 5.02 Å². The van der Waals surface area contributed by atoms with Crippen LogP contribution < -0.4 is 0 Å². The molecular weight excluding hydrogens is 250 g/mol. The fourth-order valence-corrected chi connectivity index (χ4v) is 2.33. The predicted molar refractivity (Wildman–Crippen MR) is 68.6 cm³/mol. The Labute approximate surface area is 110 Å². The van der Waals surface area contributed by atoms with Crippen molar-refractivity contribution < 1.29 is 5.11 Å². The number of benzene rings is 1. The Balaban J connectivity index is 1.79. The summed E-state index contributed by atoms with van der Waals surface area (Å²) < 4.78 is 1.90. The largest absolute Gasteiger partial charge is 0.393 e. The first-order chi connectivity index (χ1) is 8.70. The SMILES string of the molecule is OC1CCn2nc(Cc3ccc(Cl)cc3)nc2C1. The van der Waals surface area contributed by atoms with E-state index in [4.69, 9.17) is 11.6 Å². The lowest BCUT2D eigenvalue weighted by atomic mass is 10.1. The average molecular weight is 264 g/mol. The van der Waals surface area contributed by atoms with Gasteiger partial charge in [0, 0.05) is 24.4 Å². The number of aryl methyl sites for hydroxylation is 1. The second kappa shape index (κ2) is 4.71. The first-order valence-corrected chi connectivity index (χ1v) is 6.43. The summed E-state index contributed by atoms with van der Waals surface area (Å²) in [5.74, 6) is 1.69. The third-order valence-electron chi connectivity index (χ3n) is 3.16. The van der Waals surface area contributed by atoms with Crippen molar-refractivity contribution in [3.8, 4) is 0 Å². The number of aliphatic hydroxyl groups is 1. The number of rotatable bonds is 2. The monoisotopic (exact) mass is 263 g/mol. The van der Waals surface area contributed by atoms with Crippen LogP contribution in [-0.2, 0) is 19.4 Å². The van der Waals surface area contributed by atoms with Gasteiger partial charge in [-0.25, -0.2) is 9.67 Å². The highest BCUT2D eigenvalue weighted by molar-refractivity contribution is 6.30. The Hall–Kier alpha value is -1.39. The molecule has 5 heteroatoms. The molecule has 1 N–H and O–H groups in total. The van der Waals surface area contributed by atoms with E-state index in [1.165, 1.54) is 0 Å². The number of aromatic nitrogens is 3. The maximum absolute atomic E-state index is 9.59. The fourth-order valence-electron chi connectivity index (χ4n) is 2.20. The molecule has 1 atom stereocenters. The Bertz CT molecular complexity index is 550. The molecular formula is C13H14ClN3O. The van der Waals surface area contributed by atoms with Crippen LogP contribution in [0, 0.1) is 0 Å². The lowest BCUT2D eigenvalue weighted by Gasteiger charge is -2.16. The van der Waals surface area contributed by atoms with Crippen molar-refractivity contribution in [2.24, 2.45) is 0 Å². The van der Waals surface area contributed by atoms with Crippen molar-refractivity contribution >= 4 is 11.6 Å². The molecule has 1 aromatic heterocycles. The van der Waals surface area contributed by atoms with Gasteiger partial charge in [-0.15, -0.1) is 0 Å². The molecule has 2 heterocycles. The number of halogens is 1. The van der Waals surface area contributed by atoms with Crippen LogP contribution in [0.4, 0.5) is 0 Å². The standard InChI is InChI=1S/C13H14ClN3O/c14-10-3-1-9(2-4-10)7-12-15-13-8-11(18)5-6-17(13)16-12/h1-4,11,18H,5-8H2. The van der Waals surface area contributed by atoms with Gasteiger partial charge in [0.25, 0.3) is 0 Å². The molecule has 0 bridgehead atoms. The van der Waals surface area contributed by atoms with Crippen molar-refractivity contribution in [3.05, 3.63) is 46.5 Å². The third kappa shape index (κ3) is 2.40. The van der Waals surface area contributed by atoms with E-state index < -0.39 is 0 Å². The number of aliphatic hydroxyl groups excluding tert-OH is 1. The molecule has 0 spiro atoms. The Morgan fingerprint density at radius 3 is 2.89 bits per heavy atom. The zero-order valence-corrected chi connectivity index (χ0v) is 10.6. The van der Waals surface area contributed by atoms with E-state index in [1.807, 2.05) is 28.9 Å². The molecule has 18 heavy (non-hydrogen) atoms. The minimum Gasteiger partial charge on any atom is -0.393 e. The van der Waals surface area contributed by atoms with Gasteiger partial charge in [0.05, 0.1) is 6.10 Å². The van der Waals surface area contributed by atoms with Crippen LogP contribution in [0.1, 0.15) is 23.6 Å². The zero-order chi connectivity index (χ0) is 12.5. The van der Waals surface area contributed by atoms with E-state index in [9.17, 15) is 5.11 Å². The molecule has 3 rings (SSSR count). The summed E-state index contributed by atoms with van der Waals surface area (Å²) in [6.07, 6.45) is 1.79. The molecule has 4 nitrogen and oxygen atoms in total. The molecule has 1 aliphatic rings. The molecule has 2 aromatic rings. The van der Waals surface area contributed by atoms with Gasteiger partial charge in [-0.1, -0.05) is 23.7 Å². The third-order valence-corrected chi connectivity index (χ3v) is 3.41. The van der Waals surface area contributed by atoms with E-state index in [0.29, 0.717) is 12.8 Å². The Morgan fingerprint density at radius 2 is 2.11 bits per heavy atom. The molecule has 1 unspecified atom stereocenters. The van der Waals surface area contributed by atoms with Gasteiger partial charge in [-0.3, -0.25) is 0 Å². The van der Waals surface area contributed by atoms with E-state index in [1.54, 1.807) is 0 Å². The van der Waals surface area contributed by atoms with Crippen LogP contribution in [0.5, 0.6) is 0 Å². The second-order valence-electron chi connectivity index (χ2n) is 4.62. The lowest BCUT2D eigenvalue weighted by Crippen LogP contribution is -2.23. The topological polar surface area (TPSA) is 50.9 Å². The summed E-state index contributed by atoms with van der Waals surface area (Å²) in [7, 11) is 0. The Kier molecular flexibility index (Phi) is 3.06. The van der Waals surface area contributed by atoms with Crippen LogP contribution in [0.15, 0.2) is 24.3 Å². The summed E-state index contributed by atoms with van der Waals surface area (Å²) >= 11 is 5.85. The minimum atomic E-state index is -0.273. The molecule has 0 radical (unpaired) electrons. The van der Waals surface area contributed by atoms with Gasteiger partial charge >= 0.3 is 0 Å². The highest BCUT2D eigenvalue weighted by atomic mass is 35.5. The van der Waals surface area contributed by atoms with Gasteiger partial charge in [0.15, 0.2) is 5.82 Å². The number of hydrogen-bond donors (Lipinski definition) is 1. The van der Waals surface area contributed by atoms with Crippen LogP contribution in [-0.4, -0.2) is 26.0 Å². The summed E-state index contributed by atoms with van der Waals surface area (Å²) in [6, 6.07) is 7.71. The van der Waals surface area contributed by atoms with Crippen LogP contribution in [0.25, 0.3) is 0 Å². The molecule has 0 saturated heterocycles. The van der Waals surface area contributed by atoms with E-state index in [0.717, 1.165) is 35.2 Å². The minimum absolute atomic E-state index is 0.273. The van der Waals surface area contributed by atoms with Gasteiger partial charge in [-0.05, 0) is 24.1 Å². The van der Waals surface area contributed by atoms with Crippen molar-refractivity contribution in [1.82, 2.24) is 14.8 Å². The van der Waals surface area contributed by atoms with E-state index in [-0.39, 0.29) is 6.10 Å². The van der Waals surface area contributed by atoms with Crippen molar-refractivity contribution in [1.29, 1.82) is 0 Å². The summed E-state index contributed by atoms with van der Waals surface area (Å²) in [4.78, 5) is 4.48. The molecule has 0 saturated carbocycles. The summed E-state index contributed by atoms with van der Waals surface area (Å²) in [5.41, 5.74) is 1.14. The fraction of sp³-hybridized carbons (Fsp3) is 0.385. The second-order valence-corrected chi connectivity index (χ2v) is 5.05.